The van der Waals surface area contributed by atoms with E-state index in [9.17, 15) is 4.79 Å². The Morgan fingerprint density at radius 1 is 1.75 bits per heavy atom. The monoisotopic (exact) mass is 112 g/mol. The first-order valence-electron chi connectivity index (χ1n) is 2.87. The molecule has 1 rings (SSSR count). The minimum atomic E-state index is 0.0735. The summed E-state index contributed by atoms with van der Waals surface area (Å²) in [6.07, 6.45) is 2.44. The van der Waals surface area contributed by atoms with Crippen LogP contribution in [-0.2, 0) is 4.79 Å². The highest BCUT2D eigenvalue weighted by molar-refractivity contribution is 5.73. The van der Waals surface area contributed by atoms with Gasteiger partial charge in [0.05, 0.1) is 0 Å². The van der Waals surface area contributed by atoms with Gasteiger partial charge in [-0.15, -0.1) is 0 Å². The van der Waals surface area contributed by atoms with Gasteiger partial charge in [0.25, 0.3) is 0 Å². The predicted octanol–water partition coefficient (Wildman–Crippen LogP) is 0.491. The Balaban J connectivity index is 1.95. The third-order valence-corrected chi connectivity index (χ3v) is 1.19. The van der Waals surface area contributed by atoms with Crippen LogP contribution < -0.4 is 5.32 Å². The summed E-state index contributed by atoms with van der Waals surface area (Å²) in [6, 6.07) is 0. The molecule has 0 aromatic rings. The topological polar surface area (TPSA) is 29.1 Å². The second-order valence-corrected chi connectivity index (χ2v) is 2.16. The van der Waals surface area contributed by atoms with E-state index in [2.05, 4.69) is 5.32 Å². The Hall–Kier alpha value is -0.530. The van der Waals surface area contributed by atoms with Crippen LogP contribution in [0, 0.1) is 5.92 Å². The molecule has 0 bridgehead atoms. The molecule has 1 radical (unpaired) electrons. The summed E-state index contributed by atoms with van der Waals surface area (Å²) < 4.78 is 0. The van der Waals surface area contributed by atoms with Crippen molar-refractivity contribution in [1.29, 1.82) is 0 Å². The number of nitrogens with one attached hydrogen (secondary N) is 1. The van der Waals surface area contributed by atoms with E-state index in [-0.39, 0.29) is 5.91 Å². The van der Waals surface area contributed by atoms with Gasteiger partial charge < -0.3 is 5.32 Å². The summed E-state index contributed by atoms with van der Waals surface area (Å²) in [4.78, 5) is 10.3. The van der Waals surface area contributed by atoms with Crippen LogP contribution in [0.25, 0.3) is 0 Å². The summed E-state index contributed by atoms with van der Waals surface area (Å²) in [5.74, 6) is 1.55. The Morgan fingerprint density at radius 2 is 2.38 bits per heavy atom. The van der Waals surface area contributed by atoms with Crippen LogP contribution >= 0.6 is 0 Å². The fourth-order valence-corrected chi connectivity index (χ4v) is 0.515. The van der Waals surface area contributed by atoms with Crippen molar-refractivity contribution in [3.05, 3.63) is 5.92 Å². The molecule has 45 valence electrons. The van der Waals surface area contributed by atoms with E-state index in [0.29, 0.717) is 0 Å². The van der Waals surface area contributed by atoms with Gasteiger partial charge in [-0.2, -0.15) is 0 Å². The Morgan fingerprint density at radius 3 is 2.75 bits per heavy atom. The maximum absolute atomic E-state index is 10.3. The summed E-state index contributed by atoms with van der Waals surface area (Å²) in [5.41, 5.74) is 0. The Labute approximate surface area is 49.3 Å². The van der Waals surface area contributed by atoms with Crippen molar-refractivity contribution in [2.24, 2.45) is 0 Å². The van der Waals surface area contributed by atoms with Crippen molar-refractivity contribution >= 4 is 5.91 Å². The molecule has 0 atom stereocenters. The quantitative estimate of drug-likeness (QED) is 0.553. The number of rotatable bonds is 2. The fourth-order valence-electron chi connectivity index (χ4n) is 0.515. The van der Waals surface area contributed by atoms with Crippen molar-refractivity contribution < 1.29 is 4.79 Å². The van der Waals surface area contributed by atoms with E-state index in [1.54, 1.807) is 6.92 Å². The second kappa shape index (κ2) is 2.16. The first kappa shape index (κ1) is 5.60. The molecule has 0 unspecified atom stereocenters. The number of carbonyl (C=O) groups is 1. The van der Waals surface area contributed by atoms with Crippen LogP contribution in [0.5, 0.6) is 0 Å². The molecule has 8 heavy (non-hydrogen) atoms. The summed E-state index contributed by atoms with van der Waals surface area (Å²) >= 11 is 0. The first-order chi connectivity index (χ1) is 3.79. The van der Waals surface area contributed by atoms with Gasteiger partial charge in [-0.3, -0.25) is 4.79 Å². The standard InChI is InChI=1S/C6H10NO/c1-5(8)7-4-6-2-3-6/h2-4H2,1H3,(H,7,8). The highest BCUT2D eigenvalue weighted by atomic mass is 16.1. The predicted molar refractivity (Wildman–Crippen MR) is 31.2 cm³/mol. The van der Waals surface area contributed by atoms with E-state index < -0.39 is 0 Å². The van der Waals surface area contributed by atoms with Crippen molar-refractivity contribution in [3.8, 4) is 0 Å². The van der Waals surface area contributed by atoms with E-state index in [4.69, 9.17) is 0 Å². The van der Waals surface area contributed by atoms with Crippen molar-refractivity contribution in [3.63, 3.8) is 0 Å². The zero-order valence-corrected chi connectivity index (χ0v) is 5.03. The van der Waals surface area contributed by atoms with E-state index >= 15 is 0 Å². The van der Waals surface area contributed by atoms with Gasteiger partial charge in [0.2, 0.25) is 5.91 Å². The van der Waals surface area contributed by atoms with Crippen LogP contribution in [0.2, 0.25) is 0 Å². The molecule has 1 N–H and O–H groups in total. The lowest BCUT2D eigenvalue weighted by Gasteiger charge is -1.95. The van der Waals surface area contributed by atoms with Gasteiger partial charge in [-0.05, 0) is 18.8 Å². The van der Waals surface area contributed by atoms with Crippen LogP contribution in [0.1, 0.15) is 19.8 Å². The molecule has 2 heteroatoms. The van der Waals surface area contributed by atoms with E-state index in [1.807, 2.05) is 0 Å². The number of amides is 1. The van der Waals surface area contributed by atoms with Crippen molar-refractivity contribution in [2.45, 2.75) is 19.8 Å². The molecule has 1 amide bonds. The SMILES string of the molecule is CC(=O)NC[C]1CC1. The molecule has 1 aliphatic carbocycles. The molecule has 0 heterocycles. The maximum atomic E-state index is 10.3. The van der Waals surface area contributed by atoms with Crippen LogP contribution in [-0.4, -0.2) is 12.5 Å². The minimum Gasteiger partial charge on any atom is -0.356 e. The van der Waals surface area contributed by atoms with Crippen LogP contribution in [0.4, 0.5) is 0 Å². The van der Waals surface area contributed by atoms with Gasteiger partial charge in [0, 0.05) is 13.5 Å². The normalized spacial score (nSPS) is 18.1. The van der Waals surface area contributed by atoms with Gasteiger partial charge in [0.15, 0.2) is 0 Å². The van der Waals surface area contributed by atoms with Crippen molar-refractivity contribution in [2.75, 3.05) is 6.54 Å². The Kier molecular flexibility index (Phi) is 1.51. The number of hydrogen-bond donors (Lipinski definition) is 1. The Bertz CT molecular complexity index is 96.7. The summed E-state index contributed by atoms with van der Waals surface area (Å²) in [7, 11) is 0. The average Bonchev–Trinajstić information content (AvgIpc) is 2.41. The lowest BCUT2D eigenvalue weighted by atomic mass is 10.4. The molecule has 0 aliphatic heterocycles. The van der Waals surface area contributed by atoms with Gasteiger partial charge >= 0.3 is 0 Å². The minimum absolute atomic E-state index is 0.0735. The zero-order valence-electron chi connectivity index (χ0n) is 5.03. The summed E-state index contributed by atoms with van der Waals surface area (Å²) in [6.45, 7) is 2.36. The lowest BCUT2D eigenvalue weighted by Crippen LogP contribution is -2.21. The molecular formula is C6H10NO. The maximum Gasteiger partial charge on any atom is 0.216 e. The second-order valence-electron chi connectivity index (χ2n) is 2.16. The van der Waals surface area contributed by atoms with Gasteiger partial charge in [0.1, 0.15) is 0 Å². The molecule has 0 aromatic heterocycles. The van der Waals surface area contributed by atoms with Crippen LogP contribution in [0.3, 0.4) is 0 Å². The molecule has 1 aliphatic rings. The van der Waals surface area contributed by atoms with Gasteiger partial charge in [-0.25, -0.2) is 0 Å². The smallest absolute Gasteiger partial charge is 0.216 e. The lowest BCUT2D eigenvalue weighted by molar-refractivity contribution is -0.118. The third-order valence-electron chi connectivity index (χ3n) is 1.19. The molecule has 2 nitrogen and oxygen atoms in total. The third kappa shape index (κ3) is 1.96. The summed E-state index contributed by atoms with van der Waals surface area (Å²) in [5, 5.41) is 2.73. The fraction of sp³-hybridized carbons (Fsp3) is 0.667. The molecular weight excluding hydrogens is 102 g/mol. The number of hydrogen-bond acceptors (Lipinski definition) is 1. The molecule has 0 spiro atoms. The molecule has 1 fully saturated rings. The molecule has 1 saturated carbocycles. The number of carbonyl (C=O) groups excluding carboxylic acids is 1. The van der Waals surface area contributed by atoms with Crippen LogP contribution in [0.15, 0.2) is 0 Å². The average molecular weight is 112 g/mol. The highest BCUT2D eigenvalue weighted by Gasteiger charge is 2.21. The largest absolute Gasteiger partial charge is 0.356 e. The first-order valence-corrected chi connectivity index (χ1v) is 2.87. The van der Waals surface area contributed by atoms with Gasteiger partial charge in [-0.1, -0.05) is 0 Å². The van der Waals surface area contributed by atoms with Crippen molar-refractivity contribution in [1.82, 2.24) is 5.32 Å². The molecule has 0 saturated heterocycles. The highest BCUT2D eigenvalue weighted by Crippen LogP contribution is 2.30. The zero-order chi connectivity index (χ0) is 5.98. The van der Waals surface area contributed by atoms with E-state index in [0.717, 1.165) is 6.54 Å². The van der Waals surface area contributed by atoms with E-state index in [1.165, 1.54) is 18.8 Å². The molecule has 0 aromatic carbocycles.